The molecule has 0 heterocycles. The molecule has 0 heteroatoms. The van der Waals surface area contributed by atoms with Gasteiger partial charge in [0.05, 0.1) is 0 Å². The first-order valence-corrected chi connectivity index (χ1v) is 14.8. The maximum Gasteiger partial charge on any atom is -0.00264 e. The van der Waals surface area contributed by atoms with E-state index in [0.717, 1.165) is 6.42 Å². The summed E-state index contributed by atoms with van der Waals surface area (Å²) in [6, 6.07) is 36.6. The molecule has 0 aliphatic carbocycles. The number of hydrogen-bond donors (Lipinski definition) is 0. The monoisotopic (exact) mass is 498 g/mol. The lowest BCUT2D eigenvalue weighted by Crippen LogP contribution is -1.93. The molecule has 0 saturated carbocycles. The van der Waals surface area contributed by atoms with Crippen LogP contribution in [0.1, 0.15) is 82.8 Å². The Morgan fingerprint density at radius 2 is 0.947 bits per heavy atom. The Morgan fingerprint density at radius 3 is 1.42 bits per heavy atom. The minimum absolute atomic E-state index is 0.587. The van der Waals surface area contributed by atoms with Crippen molar-refractivity contribution in [1.29, 1.82) is 0 Å². The summed E-state index contributed by atoms with van der Waals surface area (Å²) in [7, 11) is 0. The van der Waals surface area contributed by atoms with Gasteiger partial charge in [0.25, 0.3) is 0 Å². The van der Waals surface area contributed by atoms with Crippen molar-refractivity contribution in [1.82, 2.24) is 0 Å². The SMILES string of the molecule is CCCCCCCCc1ccc(-c2c3ccccc3c(-c3ccc(C(C)CC)cc3)c3ccccc23)cc1. The van der Waals surface area contributed by atoms with E-state index in [-0.39, 0.29) is 0 Å². The summed E-state index contributed by atoms with van der Waals surface area (Å²) in [6.07, 6.45) is 10.4. The zero-order chi connectivity index (χ0) is 26.3. The second kappa shape index (κ2) is 12.4. The minimum atomic E-state index is 0.587. The Hall–Kier alpha value is -3.38. The van der Waals surface area contributed by atoms with E-state index in [1.54, 1.807) is 0 Å². The van der Waals surface area contributed by atoms with Crippen LogP contribution in [0, 0.1) is 0 Å². The number of unbranched alkanes of at least 4 members (excludes halogenated alkanes) is 5. The third kappa shape index (κ3) is 5.56. The normalized spacial score (nSPS) is 12.3. The van der Waals surface area contributed by atoms with Gasteiger partial charge in [-0.2, -0.15) is 0 Å². The van der Waals surface area contributed by atoms with Crippen molar-refractivity contribution in [2.75, 3.05) is 0 Å². The summed E-state index contributed by atoms with van der Waals surface area (Å²) in [6.45, 7) is 6.86. The van der Waals surface area contributed by atoms with E-state index in [4.69, 9.17) is 0 Å². The molecule has 0 aliphatic rings. The van der Waals surface area contributed by atoms with Crippen molar-refractivity contribution >= 4 is 21.5 Å². The molecular weight excluding hydrogens is 456 g/mol. The minimum Gasteiger partial charge on any atom is -0.0654 e. The van der Waals surface area contributed by atoms with Gasteiger partial charge < -0.3 is 0 Å². The number of benzene rings is 5. The van der Waals surface area contributed by atoms with Crippen LogP contribution >= 0.6 is 0 Å². The number of aryl methyl sites for hydroxylation is 1. The van der Waals surface area contributed by atoms with E-state index in [0.29, 0.717) is 5.92 Å². The van der Waals surface area contributed by atoms with Crippen molar-refractivity contribution < 1.29 is 0 Å². The first-order valence-electron chi connectivity index (χ1n) is 14.8. The molecule has 0 spiro atoms. The fourth-order valence-electron chi connectivity index (χ4n) is 5.91. The second-order valence-electron chi connectivity index (χ2n) is 11.0. The Kier molecular flexibility index (Phi) is 8.59. The molecule has 1 atom stereocenters. The van der Waals surface area contributed by atoms with Gasteiger partial charge in [0.1, 0.15) is 0 Å². The van der Waals surface area contributed by atoms with Crippen LogP contribution in [0.2, 0.25) is 0 Å². The fraction of sp³-hybridized carbons (Fsp3) is 0.316. The van der Waals surface area contributed by atoms with Crippen LogP contribution in [-0.4, -0.2) is 0 Å². The van der Waals surface area contributed by atoms with E-state index in [1.165, 1.54) is 99.9 Å². The fourth-order valence-corrected chi connectivity index (χ4v) is 5.91. The largest absolute Gasteiger partial charge is 0.0654 e. The Balaban J connectivity index is 1.54. The van der Waals surface area contributed by atoms with Crippen molar-refractivity contribution in [2.24, 2.45) is 0 Å². The maximum absolute atomic E-state index is 2.35. The molecule has 0 amide bonds. The Bertz CT molecular complexity index is 1410. The van der Waals surface area contributed by atoms with E-state index in [1.807, 2.05) is 0 Å². The van der Waals surface area contributed by atoms with Gasteiger partial charge in [0, 0.05) is 0 Å². The van der Waals surface area contributed by atoms with Crippen LogP contribution in [0.5, 0.6) is 0 Å². The van der Waals surface area contributed by atoms with Crippen molar-refractivity contribution in [2.45, 2.75) is 78.1 Å². The molecule has 0 saturated heterocycles. The molecule has 5 aromatic rings. The van der Waals surface area contributed by atoms with Crippen LogP contribution in [-0.2, 0) is 6.42 Å². The second-order valence-corrected chi connectivity index (χ2v) is 11.0. The molecule has 0 nitrogen and oxygen atoms in total. The summed E-state index contributed by atoms with van der Waals surface area (Å²) >= 11 is 0. The summed E-state index contributed by atoms with van der Waals surface area (Å²) in [5.41, 5.74) is 8.17. The van der Waals surface area contributed by atoms with Crippen molar-refractivity contribution in [3.8, 4) is 22.3 Å². The number of fused-ring (bicyclic) bond motifs is 2. The number of rotatable bonds is 11. The van der Waals surface area contributed by atoms with Crippen LogP contribution in [0.3, 0.4) is 0 Å². The zero-order valence-corrected chi connectivity index (χ0v) is 23.5. The molecule has 0 aromatic heterocycles. The van der Waals surface area contributed by atoms with Gasteiger partial charge in [0.2, 0.25) is 0 Å². The van der Waals surface area contributed by atoms with Crippen LogP contribution in [0.4, 0.5) is 0 Å². The highest BCUT2D eigenvalue weighted by Crippen LogP contribution is 2.43. The highest BCUT2D eigenvalue weighted by Gasteiger charge is 2.16. The molecule has 38 heavy (non-hydrogen) atoms. The first kappa shape index (κ1) is 26.2. The molecule has 5 aromatic carbocycles. The van der Waals surface area contributed by atoms with Crippen molar-refractivity contribution in [3.63, 3.8) is 0 Å². The molecule has 0 fully saturated rings. The lowest BCUT2D eigenvalue weighted by molar-refractivity contribution is 0.607. The molecule has 0 bridgehead atoms. The maximum atomic E-state index is 2.35. The van der Waals surface area contributed by atoms with E-state index in [9.17, 15) is 0 Å². The van der Waals surface area contributed by atoms with Gasteiger partial charge >= 0.3 is 0 Å². The van der Waals surface area contributed by atoms with Gasteiger partial charge in [-0.1, -0.05) is 150 Å². The predicted octanol–water partition coefficient (Wildman–Crippen LogP) is 11.7. The van der Waals surface area contributed by atoms with Gasteiger partial charge in [0.15, 0.2) is 0 Å². The third-order valence-electron chi connectivity index (χ3n) is 8.37. The molecule has 194 valence electrons. The molecule has 0 radical (unpaired) electrons. The lowest BCUT2D eigenvalue weighted by atomic mass is 9.85. The predicted molar refractivity (Wildman–Crippen MR) is 168 cm³/mol. The first-order chi connectivity index (χ1) is 18.7. The van der Waals surface area contributed by atoms with E-state index < -0.39 is 0 Å². The molecule has 5 rings (SSSR count). The van der Waals surface area contributed by atoms with Crippen LogP contribution < -0.4 is 0 Å². The number of hydrogen-bond acceptors (Lipinski definition) is 0. The Morgan fingerprint density at radius 1 is 0.500 bits per heavy atom. The summed E-state index contributed by atoms with van der Waals surface area (Å²) in [5.74, 6) is 0.587. The summed E-state index contributed by atoms with van der Waals surface area (Å²) < 4.78 is 0. The van der Waals surface area contributed by atoms with E-state index in [2.05, 4.69) is 118 Å². The smallest absolute Gasteiger partial charge is 0.00264 e. The highest BCUT2D eigenvalue weighted by molar-refractivity contribution is 6.21. The van der Waals surface area contributed by atoms with Crippen molar-refractivity contribution in [3.05, 3.63) is 108 Å². The highest BCUT2D eigenvalue weighted by atomic mass is 14.2. The van der Waals surface area contributed by atoms with Crippen LogP contribution in [0.25, 0.3) is 43.8 Å². The van der Waals surface area contributed by atoms with Gasteiger partial charge in [-0.3, -0.25) is 0 Å². The van der Waals surface area contributed by atoms with Crippen LogP contribution in [0.15, 0.2) is 97.1 Å². The molecule has 0 aliphatic heterocycles. The zero-order valence-electron chi connectivity index (χ0n) is 23.5. The van der Waals surface area contributed by atoms with Gasteiger partial charge in [-0.15, -0.1) is 0 Å². The lowest BCUT2D eigenvalue weighted by Gasteiger charge is -2.18. The van der Waals surface area contributed by atoms with E-state index >= 15 is 0 Å². The third-order valence-corrected chi connectivity index (χ3v) is 8.37. The summed E-state index contributed by atoms with van der Waals surface area (Å²) in [5, 5.41) is 5.31. The average molecular weight is 499 g/mol. The Labute approximate surface area is 229 Å². The molecule has 0 N–H and O–H groups in total. The quantitative estimate of drug-likeness (QED) is 0.125. The van der Waals surface area contributed by atoms with Gasteiger partial charge in [-0.25, -0.2) is 0 Å². The molecule has 1 unspecified atom stereocenters. The van der Waals surface area contributed by atoms with Gasteiger partial charge in [-0.05, 0) is 80.1 Å². The standard InChI is InChI=1S/C38H42/c1-4-6-7-8-9-10-15-29-20-22-31(23-21-29)37-33-16-11-13-18-35(33)38(36-19-14-12-17-34(36)37)32-26-24-30(25-27-32)28(3)5-2/h11-14,16-28H,4-10,15H2,1-3H3. The average Bonchev–Trinajstić information content (AvgIpc) is 2.98. The topological polar surface area (TPSA) is 0 Å². The molecular formula is C38H42. The summed E-state index contributed by atoms with van der Waals surface area (Å²) in [4.78, 5) is 0.